The molecule has 3 fully saturated rings. The number of nitrogens with zero attached hydrogens (tertiary/aromatic N) is 1. The Bertz CT molecular complexity index is 1100. The smallest absolute Gasteiger partial charge is 0.243 e. The lowest BCUT2D eigenvalue weighted by molar-refractivity contribution is -0.134. The van der Waals surface area contributed by atoms with Crippen molar-refractivity contribution in [3.8, 4) is 5.75 Å². The Morgan fingerprint density at radius 2 is 1.62 bits per heavy atom. The Kier molecular flexibility index (Phi) is 11.3. The molecule has 3 aliphatic rings. The Hall–Kier alpha value is -2.69. The molecule has 0 spiro atoms. The molecule has 0 bridgehead atoms. The Morgan fingerprint density at radius 1 is 1.00 bits per heavy atom. The summed E-state index contributed by atoms with van der Waals surface area (Å²) in [6.45, 7) is 5.34. The first-order valence-corrected chi connectivity index (χ1v) is 15.6. The molecular weight excluding hydrogens is 560 g/mol. The number of nitrogens with one attached hydrogen (secondary N) is 3. The summed E-state index contributed by atoms with van der Waals surface area (Å²) in [6, 6.07) is 4.74. The van der Waals surface area contributed by atoms with Crippen molar-refractivity contribution in [3.63, 3.8) is 0 Å². The van der Waals surface area contributed by atoms with Gasteiger partial charge in [-0.2, -0.15) is 0 Å². The minimum Gasteiger partial charge on any atom is -0.497 e. The molecule has 3 amide bonds. The number of carbonyl (C=O) groups excluding carboxylic acids is 4. The van der Waals surface area contributed by atoms with Crippen LogP contribution in [0.5, 0.6) is 5.75 Å². The predicted molar refractivity (Wildman–Crippen MR) is 159 cm³/mol. The molecule has 0 radical (unpaired) electrons. The van der Waals surface area contributed by atoms with Crippen LogP contribution in [0.4, 0.5) is 0 Å². The summed E-state index contributed by atoms with van der Waals surface area (Å²) < 4.78 is 10.7. The van der Waals surface area contributed by atoms with Crippen LogP contribution >= 0.6 is 11.6 Å². The summed E-state index contributed by atoms with van der Waals surface area (Å²) in [5, 5.41) is 8.68. The van der Waals surface area contributed by atoms with Crippen molar-refractivity contribution in [2.75, 3.05) is 33.4 Å². The highest BCUT2D eigenvalue weighted by atomic mass is 35.5. The van der Waals surface area contributed by atoms with Crippen molar-refractivity contribution < 1.29 is 28.7 Å². The lowest BCUT2D eigenvalue weighted by atomic mass is 9.90. The third-order valence-electron chi connectivity index (χ3n) is 8.66. The number of hydrogen-bond donors (Lipinski definition) is 3. The van der Waals surface area contributed by atoms with Gasteiger partial charge in [-0.05, 0) is 56.7 Å². The molecule has 11 heteroatoms. The van der Waals surface area contributed by atoms with Crippen LogP contribution < -0.4 is 20.7 Å². The monoisotopic (exact) mass is 604 g/mol. The second-order valence-electron chi connectivity index (χ2n) is 12.2. The van der Waals surface area contributed by atoms with Crippen LogP contribution in [-0.4, -0.2) is 90.9 Å². The Morgan fingerprint density at radius 3 is 2.21 bits per heavy atom. The van der Waals surface area contributed by atoms with E-state index < -0.39 is 35.5 Å². The Labute approximate surface area is 253 Å². The summed E-state index contributed by atoms with van der Waals surface area (Å²) in [5.74, 6) is -0.273. The first-order valence-electron chi connectivity index (χ1n) is 15.1. The number of carbonyl (C=O) groups is 4. The van der Waals surface area contributed by atoms with Crippen molar-refractivity contribution in [2.45, 2.75) is 94.3 Å². The van der Waals surface area contributed by atoms with E-state index in [0.717, 1.165) is 57.2 Å². The summed E-state index contributed by atoms with van der Waals surface area (Å²) >= 11 is 6.16. The number of methoxy groups -OCH3 is 1. The number of piperidine rings is 1. The minimum absolute atomic E-state index is 0.129. The molecule has 10 nitrogen and oxygen atoms in total. The number of likely N-dealkylation sites (tertiary alicyclic amines) is 1. The number of amides is 3. The molecule has 0 unspecified atom stereocenters. The molecule has 2 aliphatic heterocycles. The maximum Gasteiger partial charge on any atom is 0.243 e. The standard InChI is InChI=1S/C31H45ClN4O6/c1-20(33-27(37)18-36-14-12-23(32)13-15-36)29(39)35-26(17-22-8-10-24(41-3)11-9-22)30(40)34-25(16-21-6-4-5-7-21)28(38)31(2)19-42-31/h8-11,20-21,23,25-26H,4-7,12-19H2,1-3H3,(H,33,37)(H,34,40)(H,35,39)/t20-,25-,26-,31-/m0/s1. The summed E-state index contributed by atoms with van der Waals surface area (Å²) in [4.78, 5) is 55.0. The summed E-state index contributed by atoms with van der Waals surface area (Å²) in [6.07, 6.45) is 6.71. The summed E-state index contributed by atoms with van der Waals surface area (Å²) in [5.41, 5.74) is -0.0601. The maximum atomic E-state index is 13.7. The molecule has 4 rings (SSSR count). The SMILES string of the molecule is COc1ccc(C[C@H](NC(=O)[C@H](C)NC(=O)CN2CCC(Cl)CC2)C(=O)N[C@@H](CC2CCCC2)C(=O)[C@]2(C)CO2)cc1. The van der Waals surface area contributed by atoms with Crippen LogP contribution in [0.2, 0.25) is 0 Å². The van der Waals surface area contributed by atoms with Gasteiger partial charge in [0, 0.05) is 24.9 Å². The molecule has 3 N–H and O–H groups in total. The zero-order valence-corrected chi connectivity index (χ0v) is 25.7. The highest BCUT2D eigenvalue weighted by Crippen LogP contribution is 2.33. The minimum atomic E-state index is -0.959. The van der Waals surface area contributed by atoms with Crippen LogP contribution in [0.1, 0.15) is 64.4 Å². The number of alkyl halides is 1. The normalized spacial score (nSPS) is 23.4. The first-order chi connectivity index (χ1) is 20.1. The van der Waals surface area contributed by atoms with Gasteiger partial charge in [0.25, 0.3) is 0 Å². The molecular formula is C31H45ClN4O6. The molecule has 1 aromatic carbocycles. The fraction of sp³-hybridized carbons (Fsp3) is 0.677. The second-order valence-corrected chi connectivity index (χ2v) is 12.8. The largest absolute Gasteiger partial charge is 0.497 e. The third kappa shape index (κ3) is 9.15. The van der Waals surface area contributed by atoms with Gasteiger partial charge < -0.3 is 25.4 Å². The number of ketones is 1. The fourth-order valence-electron chi connectivity index (χ4n) is 5.82. The lowest BCUT2D eigenvalue weighted by Gasteiger charge is -2.29. The average molecular weight is 605 g/mol. The van der Waals surface area contributed by atoms with Crippen LogP contribution in [0, 0.1) is 5.92 Å². The van der Waals surface area contributed by atoms with Gasteiger partial charge in [0.05, 0.1) is 26.3 Å². The van der Waals surface area contributed by atoms with Gasteiger partial charge in [0.1, 0.15) is 23.4 Å². The number of rotatable bonds is 14. The third-order valence-corrected chi connectivity index (χ3v) is 9.10. The Balaban J connectivity index is 1.42. The number of Topliss-reactive ketones (excluding diaryl/α,β-unsaturated/α-hetero) is 1. The van der Waals surface area contributed by atoms with E-state index in [1.807, 2.05) is 17.0 Å². The van der Waals surface area contributed by atoms with Gasteiger partial charge in [-0.25, -0.2) is 0 Å². The molecule has 42 heavy (non-hydrogen) atoms. The van der Waals surface area contributed by atoms with Gasteiger partial charge in [-0.1, -0.05) is 37.8 Å². The number of epoxide rings is 1. The maximum absolute atomic E-state index is 13.7. The van der Waals surface area contributed by atoms with E-state index in [4.69, 9.17) is 21.1 Å². The number of hydrogen-bond acceptors (Lipinski definition) is 7. The molecule has 0 aromatic heterocycles. The van der Waals surface area contributed by atoms with Crippen LogP contribution in [0.3, 0.4) is 0 Å². The van der Waals surface area contributed by atoms with Gasteiger partial charge in [0.15, 0.2) is 5.78 Å². The van der Waals surface area contributed by atoms with Crippen LogP contribution in [0.15, 0.2) is 24.3 Å². The number of halogens is 1. The van der Waals surface area contributed by atoms with Crippen LogP contribution in [-0.2, 0) is 30.3 Å². The zero-order chi connectivity index (χ0) is 30.3. The van der Waals surface area contributed by atoms with E-state index in [2.05, 4.69) is 16.0 Å². The molecule has 1 aliphatic carbocycles. The highest BCUT2D eigenvalue weighted by Gasteiger charge is 2.50. The molecule has 4 atom stereocenters. The quantitative estimate of drug-likeness (QED) is 0.220. The number of ether oxygens (including phenoxy) is 2. The molecule has 2 saturated heterocycles. The predicted octanol–water partition coefficient (Wildman–Crippen LogP) is 2.35. The van der Waals surface area contributed by atoms with E-state index in [-0.39, 0.29) is 30.0 Å². The molecule has 1 saturated carbocycles. The van der Waals surface area contributed by atoms with Crippen molar-refractivity contribution in [1.29, 1.82) is 0 Å². The van der Waals surface area contributed by atoms with Gasteiger partial charge in [0.2, 0.25) is 17.7 Å². The average Bonchev–Trinajstić information content (AvgIpc) is 3.51. The molecule has 2 heterocycles. The van der Waals surface area contributed by atoms with Crippen molar-refractivity contribution in [3.05, 3.63) is 29.8 Å². The van der Waals surface area contributed by atoms with E-state index in [9.17, 15) is 19.2 Å². The van der Waals surface area contributed by atoms with E-state index in [1.165, 1.54) is 0 Å². The zero-order valence-electron chi connectivity index (χ0n) is 25.0. The van der Waals surface area contributed by atoms with Crippen molar-refractivity contribution in [2.24, 2.45) is 5.92 Å². The van der Waals surface area contributed by atoms with Gasteiger partial charge >= 0.3 is 0 Å². The number of benzene rings is 1. The molecule has 1 aromatic rings. The topological polar surface area (TPSA) is 129 Å². The second kappa shape index (κ2) is 14.7. The van der Waals surface area contributed by atoms with E-state index in [0.29, 0.717) is 24.7 Å². The molecule has 232 valence electrons. The fourth-order valence-corrected chi connectivity index (χ4v) is 6.02. The van der Waals surface area contributed by atoms with Gasteiger partial charge in [-0.15, -0.1) is 11.6 Å². The summed E-state index contributed by atoms with van der Waals surface area (Å²) in [7, 11) is 1.58. The van der Waals surface area contributed by atoms with E-state index in [1.54, 1.807) is 33.1 Å². The highest BCUT2D eigenvalue weighted by molar-refractivity contribution is 6.20. The van der Waals surface area contributed by atoms with Crippen molar-refractivity contribution in [1.82, 2.24) is 20.9 Å². The van der Waals surface area contributed by atoms with Crippen LogP contribution in [0.25, 0.3) is 0 Å². The van der Waals surface area contributed by atoms with E-state index >= 15 is 0 Å². The van der Waals surface area contributed by atoms with Gasteiger partial charge in [-0.3, -0.25) is 24.1 Å². The first kappa shape index (κ1) is 32.2. The van der Waals surface area contributed by atoms with Crippen molar-refractivity contribution >= 4 is 35.1 Å². The lowest BCUT2D eigenvalue weighted by Crippen LogP contribution is -2.57.